The molecule has 27 heavy (non-hydrogen) atoms. The topological polar surface area (TPSA) is 43.3 Å². The van der Waals surface area contributed by atoms with Crippen molar-refractivity contribution in [3.05, 3.63) is 65.2 Å². The van der Waals surface area contributed by atoms with Gasteiger partial charge >= 0.3 is 0 Å². The lowest BCUT2D eigenvalue weighted by Gasteiger charge is -2.40. The first-order chi connectivity index (χ1) is 13.2. The van der Waals surface area contributed by atoms with E-state index in [1.165, 1.54) is 11.1 Å². The van der Waals surface area contributed by atoms with Crippen LogP contribution < -0.4 is 4.74 Å². The van der Waals surface area contributed by atoms with Gasteiger partial charge in [-0.2, -0.15) is 0 Å². The van der Waals surface area contributed by atoms with E-state index in [-0.39, 0.29) is 5.54 Å². The van der Waals surface area contributed by atoms with E-state index in [0.29, 0.717) is 6.61 Å². The van der Waals surface area contributed by atoms with Crippen molar-refractivity contribution >= 4 is 5.71 Å². The Bertz CT molecular complexity index is 813. The number of methoxy groups -OCH3 is 1. The van der Waals surface area contributed by atoms with Gasteiger partial charge < -0.3 is 14.3 Å². The van der Waals surface area contributed by atoms with Crippen molar-refractivity contribution in [2.24, 2.45) is 5.16 Å². The summed E-state index contributed by atoms with van der Waals surface area (Å²) in [6.07, 6.45) is 0.952. The van der Waals surface area contributed by atoms with Crippen LogP contribution in [0, 0.1) is 0 Å². The molecular formula is C22H26N2O3. The molecule has 5 nitrogen and oxygen atoms in total. The van der Waals surface area contributed by atoms with Crippen molar-refractivity contribution in [3.63, 3.8) is 0 Å². The molecule has 0 saturated carbocycles. The molecule has 142 valence electrons. The molecule has 0 N–H and O–H groups in total. The Kier molecular flexibility index (Phi) is 5.14. The van der Waals surface area contributed by atoms with Crippen LogP contribution >= 0.6 is 0 Å². The lowest BCUT2D eigenvalue weighted by molar-refractivity contribution is 0.00530. The van der Waals surface area contributed by atoms with E-state index in [0.717, 1.165) is 49.7 Å². The predicted molar refractivity (Wildman–Crippen MR) is 105 cm³/mol. The van der Waals surface area contributed by atoms with Crippen LogP contribution in [0.2, 0.25) is 0 Å². The first-order valence-corrected chi connectivity index (χ1v) is 9.45. The van der Waals surface area contributed by atoms with Crippen LogP contribution in [0.4, 0.5) is 0 Å². The molecule has 5 heteroatoms. The zero-order chi connectivity index (χ0) is 18.7. The van der Waals surface area contributed by atoms with Crippen molar-refractivity contribution < 1.29 is 14.3 Å². The van der Waals surface area contributed by atoms with Crippen molar-refractivity contribution in [2.75, 3.05) is 33.4 Å². The molecule has 1 unspecified atom stereocenters. The fourth-order valence-corrected chi connectivity index (χ4v) is 4.01. The SMILES string of the molecule is COc1ccc(CON=C2c3ccccc3CC2(C)N2CCOCC2)cc1. The zero-order valence-electron chi connectivity index (χ0n) is 16.0. The second kappa shape index (κ2) is 7.71. The Balaban J connectivity index is 1.56. The van der Waals surface area contributed by atoms with Crippen molar-refractivity contribution in [3.8, 4) is 5.75 Å². The molecule has 2 aliphatic rings. The van der Waals surface area contributed by atoms with Gasteiger partial charge in [-0.3, -0.25) is 4.90 Å². The molecular weight excluding hydrogens is 340 g/mol. The van der Waals surface area contributed by atoms with Crippen molar-refractivity contribution in [2.45, 2.75) is 25.5 Å². The Hall–Kier alpha value is -2.37. The summed E-state index contributed by atoms with van der Waals surface area (Å²) in [4.78, 5) is 8.29. The van der Waals surface area contributed by atoms with Gasteiger partial charge in [0.15, 0.2) is 0 Å². The Morgan fingerprint density at radius 1 is 1.07 bits per heavy atom. The number of oxime groups is 1. The predicted octanol–water partition coefficient (Wildman–Crippen LogP) is 3.26. The van der Waals surface area contributed by atoms with Crippen LogP contribution in [0.5, 0.6) is 5.75 Å². The molecule has 0 bridgehead atoms. The third-order valence-corrected chi connectivity index (χ3v) is 5.57. The second-order valence-corrected chi connectivity index (χ2v) is 7.27. The molecule has 1 heterocycles. The van der Waals surface area contributed by atoms with Gasteiger partial charge in [0.2, 0.25) is 0 Å². The van der Waals surface area contributed by atoms with Gasteiger partial charge in [0, 0.05) is 18.7 Å². The number of ether oxygens (including phenoxy) is 2. The van der Waals surface area contributed by atoms with Crippen LogP contribution in [-0.4, -0.2) is 49.6 Å². The highest BCUT2D eigenvalue weighted by Gasteiger charge is 2.45. The molecule has 0 aromatic heterocycles. The Labute approximate surface area is 160 Å². The molecule has 4 rings (SSSR count). The number of hydrogen-bond donors (Lipinski definition) is 0. The van der Waals surface area contributed by atoms with Crippen LogP contribution in [-0.2, 0) is 22.6 Å². The summed E-state index contributed by atoms with van der Waals surface area (Å²) in [6.45, 7) is 6.09. The summed E-state index contributed by atoms with van der Waals surface area (Å²) >= 11 is 0. The number of rotatable bonds is 5. The molecule has 0 radical (unpaired) electrons. The molecule has 1 saturated heterocycles. The van der Waals surface area contributed by atoms with Gasteiger partial charge in [0.1, 0.15) is 18.1 Å². The molecule has 1 aliphatic heterocycles. The van der Waals surface area contributed by atoms with Gasteiger partial charge in [-0.25, -0.2) is 0 Å². The normalized spacial score (nSPS) is 24.0. The summed E-state index contributed by atoms with van der Waals surface area (Å²) < 4.78 is 10.8. The second-order valence-electron chi connectivity index (χ2n) is 7.27. The minimum atomic E-state index is -0.159. The van der Waals surface area contributed by atoms with E-state index < -0.39 is 0 Å². The summed E-state index contributed by atoms with van der Waals surface area (Å²) in [6, 6.07) is 16.4. The average Bonchev–Trinajstić information content (AvgIpc) is 3.02. The highest BCUT2D eigenvalue weighted by molar-refractivity contribution is 6.11. The van der Waals surface area contributed by atoms with E-state index in [4.69, 9.17) is 14.3 Å². The van der Waals surface area contributed by atoms with Gasteiger partial charge in [-0.05, 0) is 36.6 Å². The van der Waals surface area contributed by atoms with Crippen LogP contribution in [0.25, 0.3) is 0 Å². The summed E-state index contributed by atoms with van der Waals surface area (Å²) in [5.41, 5.74) is 4.46. The van der Waals surface area contributed by atoms with Crippen molar-refractivity contribution in [1.29, 1.82) is 0 Å². The number of fused-ring (bicyclic) bond motifs is 1. The maximum Gasteiger partial charge on any atom is 0.142 e. The highest BCUT2D eigenvalue weighted by Crippen LogP contribution is 2.35. The third-order valence-electron chi connectivity index (χ3n) is 5.57. The molecule has 2 aromatic rings. The zero-order valence-corrected chi connectivity index (χ0v) is 16.0. The molecule has 2 aromatic carbocycles. The first kappa shape index (κ1) is 18.0. The maximum absolute atomic E-state index is 5.81. The Morgan fingerprint density at radius 3 is 2.56 bits per heavy atom. The van der Waals surface area contributed by atoms with Crippen LogP contribution in [0.3, 0.4) is 0 Å². The minimum absolute atomic E-state index is 0.159. The van der Waals surface area contributed by atoms with E-state index >= 15 is 0 Å². The van der Waals surface area contributed by atoms with Gasteiger partial charge in [-0.15, -0.1) is 0 Å². The third kappa shape index (κ3) is 3.57. The molecule has 0 spiro atoms. The fourth-order valence-electron chi connectivity index (χ4n) is 4.01. The highest BCUT2D eigenvalue weighted by atomic mass is 16.6. The summed E-state index contributed by atoms with van der Waals surface area (Å²) in [5, 5.41) is 4.63. The number of hydrogen-bond acceptors (Lipinski definition) is 5. The standard InChI is InChI=1S/C22H26N2O3/c1-22(24-11-13-26-14-12-24)15-18-5-3-4-6-20(18)21(22)23-27-16-17-7-9-19(25-2)10-8-17/h3-10H,11-16H2,1-2H3. The van der Waals surface area contributed by atoms with Gasteiger partial charge in [0.25, 0.3) is 0 Å². The first-order valence-electron chi connectivity index (χ1n) is 9.45. The largest absolute Gasteiger partial charge is 0.497 e. The smallest absolute Gasteiger partial charge is 0.142 e. The molecule has 1 aliphatic carbocycles. The number of benzene rings is 2. The fraction of sp³-hybridized carbons (Fsp3) is 0.409. The number of morpholine rings is 1. The van der Waals surface area contributed by atoms with Crippen LogP contribution in [0.1, 0.15) is 23.6 Å². The lowest BCUT2D eigenvalue weighted by atomic mass is 9.93. The van der Waals surface area contributed by atoms with E-state index in [1.54, 1.807) is 7.11 Å². The minimum Gasteiger partial charge on any atom is -0.497 e. The molecule has 1 atom stereocenters. The summed E-state index contributed by atoms with van der Waals surface area (Å²) in [7, 11) is 1.67. The maximum atomic E-state index is 5.81. The quantitative estimate of drug-likeness (QED) is 0.762. The average molecular weight is 366 g/mol. The monoisotopic (exact) mass is 366 g/mol. The Morgan fingerprint density at radius 2 is 1.81 bits per heavy atom. The summed E-state index contributed by atoms with van der Waals surface area (Å²) in [5.74, 6) is 0.842. The van der Waals surface area contributed by atoms with Crippen LogP contribution in [0.15, 0.2) is 53.7 Å². The lowest BCUT2D eigenvalue weighted by Crippen LogP contribution is -2.55. The van der Waals surface area contributed by atoms with E-state index in [1.807, 2.05) is 24.3 Å². The van der Waals surface area contributed by atoms with Gasteiger partial charge in [0.05, 0.1) is 25.9 Å². The van der Waals surface area contributed by atoms with Gasteiger partial charge in [-0.1, -0.05) is 41.6 Å². The van der Waals surface area contributed by atoms with Crippen molar-refractivity contribution in [1.82, 2.24) is 4.90 Å². The molecule has 1 fully saturated rings. The van der Waals surface area contributed by atoms with E-state index in [9.17, 15) is 0 Å². The number of nitrogens with zero attached hydrogens (tertiary/aromatic N) is 2. The molecule has 0 amide bonds. The van der Waals surface area contributed by atoms with E-state index in [2.05, 4.69) is 41.2 Å².